The number of carbonyl (C=O) groups is 1. The van der Waals surface area contributed by atoms with Crippen molar-refractivity contribution in [2.24, 2.45) is 0 Å². The zero-order chi connectivity index (χ0) is 14.3. The first-order valence-corrected chi connectivity index (χ1v) is 7.44. The van der Waals surface area contributed by atoms with E-state index in [9.17, 15) is 4.79 Å². The van der Waals surface area contributed by atoms with E-state index in [0.29, 0.717) is 12.2 Å². The first-order chi connectivity index (χ1) is 9.76. The second kappa shape index (κ2) is 7.33. The Morgan fingerprint density at radius 2 is 2.15 bits per heavy atom. The summed E-state index contributed by atoms with van der Waals surface area (Å²) in [5.41, 5.74) is 0.167. The average molecular weight is 277 g/mol. The van der Waals surface area contributed by atoms with E-state index < -0.39 is 0 Å². The van der Waals surface area contributed by atoms with Crippen LogP contribution in [0.25, 0.3) is 0 Å². The number of ether oxygens (including phenoxy) is 1. The maximum atomic E-state index is 12.0. The molecule has 0 aromatic carbocycles. The van der Waals surface area contributed by atoms with Gasteiger partial charge in [-0.15, -0.1) is 0 Å². The lowest BCUT2D eigenvalue weighted by molar-refractivity contribution is -0.0669. The number of rotatable bonds is 6. The van der Waals surface area contributed by atoms with E-state index in [0.717, 1.165) is 25.9 Å². The van der Waals surface area contributed by atoms with Crippen molar-refractivity contribution in [3.8, 4) is 0 Å². The Labute approximate surface area is 120 Å². The lowest BCUT2D eigenvalue weighted by atomic mass is 9.84. The molecule has 1 fully saturated rings. The molecular formula is C15H23N3O2. The fourth-order valence-electron chi connectivity index (χ4n) is 2.64. The summed E-state index contributed by atoms with van der Waals surface area (Å²) in [6.07, 6.45) is 11.2. The number of nitrogens with one attached hydrogen (secondary N) is 1. The minimum absolute atomic E-state index is 0.178. The molecule has 110 valence electrons. The Bertz CT molecular complexity index is 416. The molecular weight excluding hydrogens is 254 g/mol. The van der Waals surface area contributed by atoms with Gasteiger partial charge in [0.15, 0.2) is 0 Å². The van der Waals surface area contributed by atoms with Crippen LogP contribution in [0.2, 0.25) is 0 Å². The molecule has 0 radical (unpaired) electrons. The van der Waals surface area contributed by atoms with Crippen molar-refractivity contribution in [3.63, 3.8) is 0 Å². The van der Waals surface area contributed by atoms with Gasteiger partial charge in [-0.2, -0.15) is 0 Å². The van der Waals surface area contributed by atoms with Crippen molar-refractivity contribution in [1.29, 1.82) is 0 Å². The van der Waals surface area contributed by atoms with Gasteiger partial charge in [-0.1, -0.05) is 26.2 Å². The molecule has 1 N–H and O–H groups in total. The van der Waals surface area contributed by atoms with Crippen molar-refractivity contribution >= 4 is 5.91 Å². The van der Waals surface area contributed by atoms with Crippen LogP contribution in [0, 0.1) is 0 Å². The van der Waals surface area contributed by atoms with E-state index >= 15 is 0 Å². The van der Waals surface area contributed by atoms with Crippen LogP contribution in [-0.4, -0.2) is 34.6 Å². The van der Waals surface area contributed by atoms with Crippen LogP contribution in [0.3, 0.4) is 0 Å². The van der Waals surface area contributed by atoms with Crippen LogP contribution >= 0.6 is 0 Å². The smallest absolute Gasteiger partial charge is 0.271 e. The molecule has 1 aromatic heterocycles. The van der Waals surface area contributed by atoms with Gasteiger partial charge in [0.2, 0.25) is 0 Å². The molecule has 1 aliphatic rings. The Kier molecular flexibility index (Phi) is 5.47. The molecule has 0 atom stereocenters. The molecule has 2 rings (SSSR count). The highest BCUT2D eigenvalue weighted by Crippen LogP contribution is 2.31. The van der Waals surface area contributed by atoms with Gasteiger partial charge in [-0.25, -0.2) is 4.98 Å². The number of hydrogen-bond donors (Lipinski definition) is 1. The van der Waals surface area contributed by atoms with Crippen LogP contribution in [0.1, 0.15) is 55.9 Å². The van der Waals surface area contributed by atoms with Crippen LogP contribution in [0.4, 0.5) is 0 Å². The number of amides is 1. The molecule has 0 saturated heterocycles. The van der Waals surface area contributed by atoms with E-state index in [4.69, 9.17) is 4.74 Å². The third-order valence-corrected chi connectivity index (χ3v) is 3.74. The summed E-state index contributed by atoms with van der Waals surface area (Å²) in [4.78, 5) is 20.0. The van der Waals surface area contributed by atoms with Gasteiger partial charge in [0.1, 0.15) is 5.69 Å². The van der Waals surface area contributed by atoms with E-state index in [-0.39, 0.29) is 11.5 Å². The molecule has 1 aliphatic carbocycles. The topological polar surface area (TPSA) is 64.1 Å². The van der Waals surface area contributed by atoms with Crippen molar-refractivity contribution < 1.29 is 9.53 Å². The minimum Gasteiger partial charge on any atom is -0.373 e. The normalized spacial score (nSPS) is 17.6. The maximum absolute atomic E-state index is 12.0. The Balaban J connectivity index is 1.93. The Morgan fingerprint density at radius 3 is 2.80 bits per heavy atom. The second-order valence-electron chi connectivity index (χ2n) is 5.37. The van der Waals surface area contributed by atoms with Crippen molar-refractivity contribution in [3.05, 3.63) is 24.3 Å². The number of carbonyl (C=O) groups excluding carboxylic acids is 1. The third kappa shape index (κ3) is 4.00. The molecule has 1 heterocycles. The standard InChI is InChI=1S/C15H23N3O2/c1-2-10-20-15(6-4-3-5-7-15)12-18-14(19)13-11-16-8-9-17-13/h8-9,11H,2-7,10,12H2,1H3,(H,18,19). The van der Waals surface area contributed by atoms with E-state index in [1.807, 2.05) is 0 Å². The summed E-state index contributed by atoms with van der Waals surface area (Å²) >= 11 is 0. The van der Waals surface area contributed by atoms with Gasteiger partial charge >= 0.3 is 0 Å². The first kappa shape index (κ1) is 14.9. The monoisotopic (exact) mass is 277 g/mol. The zero-order valence-corrected chi connectivity index (χ0v) is 12.1. The van der Waals surface area contributed by atoms with Gasteiger partial charge in [-0.05, 0) is 19.3 Å². The van der Waals surface area contributed by atoms with Crippen LogP contribution in [0.15, 0.2) is 18.6 Å². The van der Waals surface area contributed by atoms with Crippen molar-refractivity contribution in [2.75, 3.05) is 13.2 Å². The molecule has 1 amide bonds. The SMILES string of the molecule is CCCOC1(CNC(=O)c2cnccn2)CCCCC1. The van der Waals surface area contributed by atoms with E-state index in [2.05, 4.69) is 22.2 Å². The average Bonchev–Trinajstić information content (AvgIpc) is 2.52. The summed E-state index contributed by atoms with van der Waals surface area (Å²) < 4.78 is 6.06. The van der Waals surface area contributed by atoms with Gasteiger partial charge in [0.05, 0.1) is 11.8 Å². The van der Waals surface area contributed by atoms with Gasteiger partial charge < -0.3 is 10.1 Å². The largest absolute Gasteiger partial charge is 0.373 e. The summed E-state index contributed by atoms with van der Waals surface area (Å²) in [5.74, 6) is -0.178. The molecule has 5 heteroatoms. The first-order valence-electron chi connectivity index (χ1n) is 7.44. The lowest BCUT2D eigenvalue weighted by Crippen LogP contribution is -2.46. The highest BCUT2D eigenvalue weighted by molar-refractivity contribution is 5.91. The van der Waals surface area contributed by atoms with Crippen LogP contribution in [-0.2, 0) is 4.74 Å². The zero-order valence-electron chi connectivity index (χ0n) is 12.1. The number of aromatic nitrogens is 2. The molecule has 0 unspecified atom stereocenters. The van der Waals surface area contributed by atoms with E-state index in [1.165, 1.54) is 31.7 Å². The summed E-state index contributed by atoms with van der Waals surface area (Å²) in [7, 11) is 0. The van der Waals surface area contributed by atoms with Gasteiger partial charge in [0.25, 0.3) is 5.91 Å². The van der Waals surface area contributed by atoms with Gasteiger partial charge in [0, 0.05) is 25.5 Å². The Hall–Kier alpha value is -1.49. The molecule has 0 aliphatic heterocycles. The number of hydrogen-bond acceptors (Lipinski definition) is 4. The van der Waals surface area contributed by atoms with Crippen LogP contribution in [0.5, 0.6) is 0 Å². The molecule has 20 heavy (non-hydrogen) atoms. The predicted octanol–water partition coefficient (Wildman–Crippen LogP) is 2.34. The fourth-order valence-corrected chi connectivity index (χ4v) is 2.64. The highest BCUT2D eigenvalue weighted by atomic mass is 16.5. The quantitative estimate of drug-likeness (QED) is 0.866. The Morgan fingerprint density at radius 1 is 1.35 bits per heavy atom. The summed E-state index contributed by atoms with van der Waals surface area (Å²) in [6, 6.07) is 0. The maximum Gasteiger partial charge on any atom is 0.271 e. The number of nitrogens with zero attached hydrogens (tertiary/aromatic N) is 2. The molecule has 1 aromatic rings. The molecule has 5 nitrogen and oxygen atoms in total. The highest BCUT2D eigenvalue weighted by Gasteiger charge is 2.33. The predicted molar refractivity (Wildman–Crippen MR) is 76.4 cm³/mol. The fraction of sp³-hybridized carbons (Fsp3) is 0.667. The lowest BCUT2D eigenvalue weighted by Gasteiger charge is -2.37. The van der Waals surface area contributed by atoms with Crippen molar-refractivity contribution in [2.45, 2.75) is 51.0 Å². The van der Waals surface area contributed by atoms with Crippen molar-refractivity contribution in [1.82, 2.24) is 15.3 Å². The van der Waals surface area contributed by atoms with Gasteiger partial charge in [-0.3, -0.25) is 9.78 Å². The summed E-state index contributed by atoms with van der Waals surface area (Å²) in [6.45, 7) is 3.41. The minimum atomic E-state index is -0.188. The molecule has 1 saturated carbocycles. The molecule has 0 bridgehead atoms. The van der Waals surface area contributed by atoms with E-state index in [1.54, 1.807) is 6.20 Å². The molecule has 0 spiro atoms. The van der Waals surface area contributed by atoms with Crippen LogP contribution < -0.4 is 5.32 Å². The summed E-state index contributed by atoms with van der Waals surface area (Å²) in [5, 5.41) is 2.95. The second-order valence-corrected chi connectivity index (χ2v) is 5.37. The third-order valence-electron chi connectivity index (χ3n) is 3.74.